The zero-order chi connectivity index (χ0) is 11.1. The lowest BCUT2D eigenvalue weighted by Crippen LogP contribution is -2.48. The molecular formula is C8H17ClO3S. The van der Waals surface area contributed by atoms with Crippen molar-refractivity contribution in [3.63, 3.8) is 0 Å². The molecule has 0 aromatic heterocycles. The fraction of sp³-hybridized carbons (Fsp3) is 1.00. The molecule has 0 spiro atoms. The van der Waals surface area contributed by atoms with Crippen LogP contribution < -0.4 is 0 Å². The lowest BCUT2D eigenvalue weighted by atomic mass is 9.87. The Morgan fingerprint density at radius 3 is 1.62 bits per heavy atom. The van der Waals surface area contributed by atoms with E-state index in [-0.39, 0.29) is 0 Å². The monoisotopic (exact) mass is 228 g/mol. The van der Waals surface area contributed by atoms with Crippen LogP contribution in [-0.4, -0.2) is 30.1 Å². The summed E-state index contributed by atoms with van der Waals surface area (Å²) in [6, 6.07) is 0. The first-order chi connectivity index (χ1) is 5.40. The van der Waals surface area contributed by atoms with Crippen LogP contribution in [0.15, 0.2) is 0 Å². The second kappa shape index (κ2) is 3.41. The summed E-state index contributed by atoms with van der Waals surface area (Å²) in [7, 11) is -3.47. The van der Waals surface area contributed by atoms with E-state index in [9.17, 15) is 13.5 Å². The highest BCUT2D eigenvalue weighted by Gasteiger charge is 2.46. The van der Waals surface area contributed by atoms with E-state index in [1.54, 1.807) is 20.8 Å². The van der Waals surface area contributed by atoms with Crippen molar-refractivity contribution in [2.24, 2.45) is 5.41 Å². The fourth-order valence-electron chi connectivity index (χ4n) is 0.976. The van der Waals surface area contributed by atoms with Gasteiger partial charge in [0.15, 0.2) is 14.0 Å². The largest absolute Gasteiger partial charge is 0.390 e. The number of hydrogen-bond donors (Lipinski definition) is 1. The summed E-state index contributed by atoms with van der Waals surface area (Å²) in [6.07, 6.45) is -0.0775. The van der Waals surface area contributed by atoms with E-state index in [0.717, 1.165) is 6.26 Å². The molecule has 2 atom stereocenters. The SMILES string of the molecule is CC(C)(C)[C@@H](O)[C@@](C)(Cl)S(C)(=O)=O. The quantitative estimate of drug-likeness (QED) is 0.727. The minimum absolute atomic E-state index is 0.556. The van der Waals surface area contributed by atoms with Crippen LogP contribution in [0, 0.1) is 5.41 Å². The Morgan fingerprint density at radius 1 is 1.23 bits per heavy atom. The van der Waals surface area contributed by atoms with Crippen molar-refractivity contribution in [3.8, 4) is 0 Å². The first-order valence-electron chi connectivity index (χ1n) is 3.97. The van der Waals surface area contributed by atoms with E-state index >= 15 is 0 Å². The van der Waals surface area contributed by atoms with Crippen molar-refractivity contribution < 1.29 is 13.5 Å². The van der Waals surface area contributed by atoms with E-state index in [1.165, 1.54) is 6.92 Å². The van der Waals surface area contributed by atoms with Crippen LogP contribution in [0.5, 0.6) is 0 Å². The third kappa shape index (κ3) is 2.82. The highest BCUT2D eigenvalue weighted by Crippen LogP contribution is 2.35. The van der Waals surface area contributed by atoms with E-state index in [2.05, 4.69) is 0 Å². The Morgan fingerprint density at radius 2 is 1.54 bits per heavy atom. The summed E-state index contributed by atoms with van der Waals surface area (Å²) < 4.78 is 20.9. The summed E-state index contributed by atoms with van der Waals surface area (Å²) in [6.45, 7) is 6.54. The van der Waals surface area contributed by atoms with Crippen LogP contribution in [0.3, 0.4) is 0 Å². The van der Waals surface area contributed by atoms with Gasteiger partial charge in [-0.2, -0.15) is 0 Å². The normalized spacial score (nSPS) is 20.8. The molecule has 5 heteroatoms. The highest BCUT2D eigenvalue weighted by molar-refractivity contribution is 7.93. The maximum absolute atomic E-state index is 11.2. The molecule has 0 rings (SSSR count). The van der Waals surface area contributed by atoms with Gasteiger partial charge in [-0.3, -0.25) is 0 Å². The average molecular weight is 229 g/mol. The molecule has 80 valence electrons. The molecule has 0 aliphatic rings. The van der Waals surface area contributed by atoms with Crippen molar-refractivity contribution in [1.82, 2.24) is 0 Å². The second-order valence-electron chi connectivity index (χ2n) is 4.53. The van der Waals surface area contributed by atoms with Crippen LogP contribution in [0.4, 0.5) is 0 Å². The Kier molecular flexibility index (Phi) is 3.46. The van der Waals surface area contributed by atoms with Gasteiger partial charge in [0.1, 0.15) is 0 Å². The van der Waals surface area contributed by atoms with Crippen LogP contribution in [0.1, 0.15) is 27.7 Å². The third-order valence-electron chi connectivity index (χ3n) is 2.03. The van der Waals surface area contributed by atoms with Crippen LogP contribution in [0.25, 0.3) is 0 Å². The zero-order valence-electron chi connectivity index (χ0n) is 8.63. The van der Waals surface area contributed by atoms with E-state index in [0.29, 0.717) is 0 Å². The van der Waals surface area contributed by atoms with Crippen molar-refractivity contribution in [2.45, 2.75) is 38.0 Å². The minimum Gasteiger partial charge on any atom is -0.390 e. The molecule has 0 heterocycles. The van der Waals surface area contributed by atoms with E-state index < -0.39 is 25.6 Å². The maximum atomic E-state index is 11.2. The predicted octanol–water partition coefficient (Wildman–Crippen LogP) is 1.39. The van der Waals surface area contributed by atoms with Crippen molar-refractivity contribution in [2.75, 3.05) is 6.26 Å². The lowest BCUT2D eigenvalue weighted by molar-refractivity contribution is 0.0524. The highest BCUT2D eigenvalue weighted by atomic mass is 35.5. The van der Waals surface area contributed by atoms with E-state index in [4.69, 9.17) is 11.6 Å². The predicted molar refractivity (Wildman–Crippen MR) is 54.6 cm³/mol. The molecule has 0 amide bonds. The standard InChI is InChI=1S/C8H17ClO3S/c1-7(2,3)6(10)8(4,9)13(5,11)12/h6,10H,1-5H3/t6-,8+/m1/s1. The maximum Gasteiger partial charge on any atom is 0.169 e. The molecule has 0 aromatic carbocycles. The smallest absolute Gasteiger partial charge is 0.169 e. The number of aliphatic hydroxyl groups excluding tert-OH is 1. The van der Waals surface area contributed by atoms with Crippen LogP contribution in [0.2, 0.25) is 0 Å². The molecule has 0 unspecified atom stereocenters. The van der Waals surface area contributed by atoms with Gasteiger partial charge in [0, 0.05) is 6.26 Å². The van der Waals surface area contributed by atoms with Crippen molar-refractivity contribution in [3.05, 3.63) is 0 Å². The molecular weight excluding hydrogens is 212 g/mol. The van der Waals surface area contributed by atoms with Gasteiger partial charge >= 0.3 is 0 Å². The molecule has 0 bridgehead atoms. The molecule has 13 heavy (non-hydrogen) atoms. The summed E-state index contributed by atoms with van der Waals surface area (Å²) in [5.74, 6) is 0. The lowest BCUT2D eigenvalue weighted by Gasteiger charge is -2.35. The zero-order valence-corrected chi connectivity index (χ0v) is 10.2. The van der Waals surface area contributed by atoms with Gasteiger partial charge in [0.2, 0.25) is 0 Å². The fourth-order valence-corrected chi connectivity index (χ4v) is 2.06. The third-order valence-corrected chi connectivity index (χ3v) is 4.75. The first kappa shape index (κ1) is 13.2. The molecule has 0 aliphatic heterocycles. The van der Waals surface area contributed by atoms with Crippen LogP contribution >= 0.6 is 11.6 Å². The van der Waals surface area contributed by atoms with Crippen molar-refractivity contribution in [1.29, 1.82) is 0 Å². The average Bonchev–Trinajstić information content (AvgIpc) is 1.81. The molecule has 3 nitrogen and oxygen atoms in total. The van der Waals surface area contributed by atoms with Gasteiger partial charge in [-0.1, -0.05) is 32.4 Å². The van der Waals surface area contributed by atoms with Crippen LogP contribution in [-0.2, 0) is 9.84 Å². The number of sulfone groups is 1. The van der Waals surface area contributed by atoms with Gasteiger partial charge in [-0.25, -0.2) is 8.42 Å². The van der Waals surface area contributed by atoms with Gasteiger partial charge in [-0.15, -0.1) is 0 Å². The molecule has 0 aromatic rings. The number of hydrogen-bond acceptors (Lipinski definition) is 3. The van der Waals surface area contributed by atoms with Gasteiger partial charge in [-0.05, 0) is 12.3 Å². The molecule has 0 saturated heterocycles. The molecule has 0 aliphatic carbocycles. The first-order valence-corrected chi connectivity index (χ1v) is 6.24. The van der Waals surface area contributed by atoms with Gasteiger partial charge in [0.05, 0.1) is 6.10 Å². The summed E-state index contributed by atoms with van der Waals surface area (Å²) >= 11 is 5.81. The van der Waals surface area contributed by atoms with Gasteiger partial charge < -0.3 is 5.11 Å². The number of aliphatic hydroxyl groups is 1. The Labute approximate surface area is 85.0 Å². The summed E-state index contributed by atoms with van der Waals surface area (Å²) in [5, 5.41) is 9.74. The Balaban J connectivity index is 5.09. The molecule has 0 saturated carbocycles. The summed E-state index contributed by atoms with van der Waals surface area (Å²) in [5.41, 5.74) is -0.556. The number of halogens is 1. The Hall–Kier alpha value is 0.200. The number of rotatable bonds is 2. The molecule has 0 fully saturated rings. The second-order valence-corrected chi connectivity index (χ2v) is 7.93. The van der Waals surface area contributed by atoms with Crippen molar-refractivity contribution >= 4 is 21.4 Å². The molecule has 0 radical (unpaired) electrons. The topological polar surface area (TPSA) is 54.4 Å². The van der Waals surface area contributed by atoms with Gasteiger partial charge in [0.25, 0.3) is 0 Å². The summed E-state index contributed by atoms with van der Waals surface area (Å²) in [4.78, 5) is 0. The Bertz CT molecular complexity index is 274. The number of alkyl halides is 1. The minimum atomic E-state index is -3.47. The van der Waals surface area contributed by atoms with E-state index in [1.807, 2.05) is 0 Å². The molecule has 1 N–H and O–H groups in total.